The van der Waals surface area contributed by atoms with Crippen LogP contribution in [-0.2, 0) is 0 Å². The van der Waals surface area contributed by atoms with E-state index in [4.69, 9.17) is 0 Å². The summed E-state index contributed by atoms with van der Waals surface area (Å²) in [5, 5.41) is 12.8. The molecule has 27 heavy (non-hydrogen) atoms. The summed E-state index contributed by atoms with van der Waals surface area (Å²) in [5.74, 6) is 0. The van der Waals surface area contributed by atoms with Crippen molar-refractivity contribution in [2.75, 3.05) is 0 Å². The molecular weight excluding hydrogens is 424 g/mol. The van der Waals surface area contributed by atoms with E-state index in [0.717, 1.165) is 26.3 Å². The highest BCUT2D eigenvalue weighted by Gasteiger charge is 2.07. The summed E-state index contributed by atoms with van der Waals surface area (Å²) in [6, 6.07) is 24.1. The summed E-state index contributed by atoms with van der Waals surface area (Å²) in [6.07, 6.45) is 1.92. The predicted molar refractivity (Wildman–Crippen MR) is 115 cm³/mol. The molecule has 0 spiro atoms. The second kappa shape index (κ2) is 9.30. The Hall–Kier alpha value is -2.70. The van der Waals surface area contributed by atoms with Crippen molar-refractivity contribution in [3.05, 3.63) is 110 Å². The van der Waals surface area contributed by atoms with Gasteiger partial charge in [-0.1, -0.05) is 45.9 Å². The van der Waals surface area contributed by atoms with Gasteiger partial charge in [0.05, 0.1) is 16.3 Å². The van der Waals surface area contributed by atoms with Crippen LogP contribution in [0.2, 0.25) is 0 Å². The maximum Gasteiger partial charge on any atom is 0.269 e. The van der Waals surface area contributed by atoms with Crippen LogP contribution in [0.5, 0.6) is 0 Å². The first kappa shape index (κ1) is 19.1. The molecule has 0 aliphatic heterocycles. The minimum Gasteiger partial charge on any atom is -0.258 e. The SMILES string of the molecule is O=[N+]([O-])c1ccc(C(C=CSc2ccc(Br)cc2)=Nc2ccccc2)cc1. The van der Waals surface area contributed by atoms with Crippen molar-refractivity contribution in [3.63, 3.8) is 0 Å². The second-order valence-corrected chi connectivity index (χ2v) is 7.41. The highest BCUT2D eigenvalue weighted by atomic mass is 79.9. The summed E-state index contributed by atoms with van der Waals surface area (Å²) >= 11 is 5.01. The first-order chi connectivity index (χ1) is 13.1. The molecule has 0 bridgehead atoms. The molecule has 6 heteroatoms. The van der Waals surface area contributed by atoms with Gasteiger partial charge in [0.15, 0.2) is 0 Å². The van der Waals surface area contributed by atoms with Gasteiger partial charge in [0.1, 0.15) is 0 Å². The van der Waals surface area contributed by atoms with Crippen LogP contribution in [0, 0.1) is 10.1 Å². The lowest BCUT2D eigenvalue weighted by Gasteiger charge is -2.03. The van der Waals surface area contributed by atoms with E-state index in [1.54, 1.807) is 23.9 Å². The van der Waals surface area contributed by atoms with Gasteiger partial charge in [0, 0.05) is 27.1 Å². The maximum absolute atomic E-state index is 10.9. The summed E-state index contributed by atoms with van der Waals surface area (Å²) in [5.41, 5.74) is 2.44. The number of non-ortho nitro benzene ring substituents is 1. The van der Waals surface area contributed by atoms with Crippen LogP contribution in [0.25, 0.3) is 0 Å². The highest BCUT2D eigenvalue weighted by molar-refractivity contribution is 9.10. The summed E-state index contributed by atoms with van der Waals surface area (Å²) in [4.78, 5) is 16.3. The number of para-hydroxylation sites is 1. The molecule has 0 amide bonds. The molecule has 3 aromatic carbocycles. The molecule has 0 atom stereocenters. The van der Waals surface area contributed by atoms with Gasteiger partial charge in [-0.3, -0.25) is 10.1 Å². The normalized spacial score (nSPS) is 11.7. The van der Waals surface area contributed by atoms with Crippen LogP contribution < -0.4 is 0 Å². The van der Waals surface area contributed by atoms with E-state index in [0.29, 0.717) is 0 Å². The van der Waals surface area contributed by atoms with Gasteiger partial charge in [0.2, 0.25) is 0 Å². The first-order valence-electron chi connectivity index (χ1n) is 8.09. The molecule has 0 aliphatic rings. The van der Waals surface area contributed by atoms with Gasteiger partial charge in [0.25, 0.3) is 5.69 Å². The van der Waals surface area contributed by atoms with Crippen molar-refractivity contribution in [2.24, 2.45) is 4.99 Å². The standard InChI is InChI=1S/C21H15BrN2O2S/c22-17-8-12-20(13-9-17)27-15-14-21(23-18-4-2-1-3-5-18)16-6-10-19(11-7-16)24(25)26/h1-15H. The molecule has 3 aromatic rings. The molecular formula is C21H15BrN2O2S. The number of hydrogen-bond acceptors (Lipinski definition) is 4. The van der Waals surface area contributed by atoms with E-state index >= 15 is 0 Å². The van der Waals surface area contributed by atoms with E-state index in [2.05, 4.69) is 20.9 Å². The molecule has 0 saturated heterocycles. The lowest BCUT2D eigenvalue weighted by molar-refractivity contribution is -0.384. The van der Waals surface area contributed by atoms with Crippen LogP contribution in [0.4, 0.5) is 11.4 Å². The monoisotopic (exact) mass is 438 g/mol. The molecule has 0 heterocycles. The van der Waals surface area contributed by atoms with Crippen molar-refractivity contribution >= 4 is 44.8 Å². The summed E-state index contributed by atoms with van der Waals surface area (Å²) in [7, 11) is 0. The molecule has 0 radical (unpaired) electrons. The third-order valence-corrected chi connectivity index (χ3v) is 4.97. The van der Waals surface area contributed by atoms with Crippen LogP contribution in [-0.4, -0.2) is 10.6 Å². The van der Waals surface area contributed by atoms with Gasteiger partial charge in [-0.25, -0.2) is 4.99 Å². The number of thioether (sulfide) groups is 1. The average molecular weight is 439 g/mol. The van der Waals surface area contributed by atoms with E-state index in [-0.39, 0.29) is 5.69 Å². The zero-order valence-electron chi connectivity index (χ0n) is 14.2. The number of benzene rings is 3. The number of hydrogen-bond donors (Lipinski definition) is 0. The Morgan fingerprint density at radius 2 is 1.63 bits per heavy atom. The number of nitro benzene ring substituents is 1. The number of nitrogens with zero attached hydrogens (tertiary/aromatic N) is 2. The first-order valence-corrected chi connectivity index (χ1v) is 9.76. The Morgan fingerprint density at radius 1 is 0.963 bits per heavy atom. The Balaban J connectivity index is 1.87. The summed E-state index contributed by atoms with van der Waals surface area (Å²) < 4.78 is 1.04. The zero-order chi connectivity index (χ0) is 19.1. The predicted octanol–water partition coefficient (Wildman–Crippen LogP) is 6.78. The Labute approximate surface area is 169 Å². The third-order valence-electron chi connectivity index (χ3n) is 3.62. The molecule has 0 saturated carbocycles. The number of aliphatic imine (C=N–C) groups is 1. The third kappa shape index (κ3) is 5.64. The smallest absolute Gasteiger partial charge is 0.258 e. The topological polar surface area (TPSA) is 55.5 Å². The maximum atomic E-state index is 10.9. The van der Waals surface area contributed by atoms with Crippen LogP contribution in [0.3, 0.4) is 0 Å². The van der Waals surface area contributed by atoms with Gasteiger partial charge < -0.3 is 0 Å². The van der Waals surface area contributed by atoms with E-state index in [1.807, 2.05) is 66.1 Å². The van der Waals surface area contributed by atoms with Crippen molar-refractivity contribution in [3.8, 4) is 0 Å². The van der Waals surface area contributed by atoms with Gasteiger partial charge in [-0.05, 0) is 60.0 Å². The van der Waals surface area contributed by atoms with Crippen LogP contribution in [0.15, 0.2) is 105 Å². The number of nitro groups is 1. The van der Waals surface area contributed by atoms with Crippen molar-refractivity contribution < 1.29 is 4.92 Å². The molecule has 0 fully saturated rings. The molecule has 0 aliphatic carbocycles. The quantitative estimate of drug-likeness (QED) is 0.184. The number of halogens is 1. The number of rotatable bonds is 6. The fraction of sp³-hybridized carbons (Fsp3) is 0. The van der Waals surface area contributed by atoms with Crippen molar-refractivity contribution in [1.29, 1.82) is 0 Å². The fourth-order valence-electron chi connectivity index (χ4n) is 2.28. The van der Waals surface area contributed by atoms with Gasteiger partial charge in [-0.15, -0.1) is 0 Å². The van der Waals surface area contributed by atoms with E-state index in [1.165, 1.54) is 12.1 Å². The Kier molecular flexibility index (Phi) is 6.57. The molecule has 0 N–H and O–H groups in total. The number of allylic oxidation sites excluding steroid dienone is 1. The lowest BCUT2D eigenvalue weighted by atomic mass is 10.1. The molecule has 0 unspecified atom stereocenters. The van der Waals surface area contributed by atoms with Crippen molar-refractivity contribution in [1.82, 2.24) is 0 Å². The average Bonchev–Trinajstić information content (AvgIpc) is 2.69. The molecule has 134 valence electrons. The minimum atomic E-state index is -0.406. The van der Waals surface area contributed by atoms with E-state index in [9.17, 15) is 10.1 Å². The minimum absolute atomic E-state index is 0.0611. The largest absolute Gasteiger partial charge is 0.269 e. The Bertz CT molecular complexity index is 969. The molecule has 3 rings (SSSR count). The fourth-order valence-corrected chi connectivity index (χ4v) is 3.20. The second-order valence-electron chi connectivity index (χ2n) is 5.51. The van der Waals surface area contributed by atoms with E-state index < -0.39 is 4.92 Å². The van der Waals surface area contributed by atoms with Crippen LogP contribution >= 0.6 is 27.7 Å². The highest BCUT2D eigenvalue weighted by Crippen LogP contribution is 2.23. The van der Waals surface area contributed by atoms with Gasteiger partial charge >= 0.3 is 0 Å². The Morgan fingerprint density at radius 3 is 2.26 bits per heavy atom. The van der Waals surface area contributed by atoms with Crippen LogP contribution in [0.1, 0.15) is 5.56 Å². The zero-order valence-corrected chi connectivity index (χ0v) is 16.6. The molecule has 0 aromatic heterocycles. The van der Waals surface area contributed by atoms with Gasteiger partial charge in [-0.2, -0.15) is 0 Å². The van der Waals surface area contributed by atoms with Crippen molar-refractivity contribution in [2.45, 2.75) is 4.90 Å². The summed E-state index contributed by atoms with van der Waals surface area (Å²) in [6.45, 7) is 0. The lowest BCUT2D eigenvalue weighted by Crippen LogP contribution is -1.97. The molecule has 4 nitrogen and oxygen atoms in total.